The molecule has 4 aromatic heterocycles. The van der Waals surface area contributed by atoms with Gasteiger partial charge >= 0.3 is 0 Å². The number of hydrogen-bond acceptors (Lipinski definition) is 17. The van der Waals surface area contributed by atoms with Crippen LogP contribution in [-0.2, 0) is 20.8 Å². The molecule has 0 fully saturated rings. The van der Waals surface area contributed by atoms with Crippen LogP contribution in [0.25, 0.3) is 0 Å². The number of azo groups is 2. The fourth-order valence-electron chi connectivity index (χ4n) is 4.40. The normalized spacial score (nSPS) is 11.6. The van der Waals surface area contributed by atoms with E-state index in [-0.39, 0.29) is 56.8 Å². The van der Waals surface area contributed by atoms with Crippen LogP contribution >= 0.6 is 0 Å². The Hall–Kier alpha value is -8.14. The lowest BCUT2D eigenvalue weighted by Crippen LogP contribution is -2.26. The molecule has 5 rings (SSSR count). The molecule has 4 aromatic rings. The van der Waals surface area contributed by atoms with Crippen molar-refractivity contribution < 1.29 is 14.6 Å². The zero-order valence-corrected chi connectivity index (χ0v) is 24.9. The van der Waals surface area contributed by atoms with E-state index < -0.39 is 41.1 Å². The third-order valence-corrected chi connectivity index (χ3v) is 6.93. The molecule has 0 N–H and O–H groups in total. The van der Waals surface area contributed by atoms with Gasteiger partial charge < -0.3 is 4.74 Å². The lowest BCUT2D eigenvalue weighted by Gasteiger charge is -2.16. The number of rotatable bonds is 0. The van der Waals surface area contributed by atoms with Crippen molar-refractivity contribution in [3.8, 4) is 48.2 Å². The monoisotopic (exact) mass is 642 g/mol. The molecule has 0 aromatic carbocycles. The van der Waals surface area contributed by atoms with Crippen LogP contribution in [0.1, 0.15) is 45.0 Å². The van der Waals surface area contributed by atoms with E-state index in [9.17, 15) is 41.2 Å². The van der Waals surface area contributed by atoms with Crippen molar-refractivity contribution in [3.05, 3.63) is 65.7 Å². The van der Waals surface area contributed by atoms with Gasteiger partial charge in [0, 0.05) is 25.2 Å². The van der Waals surface area contributed by atoms with Crippen LogP contribution in [0.5, 0.6) is 11.8 Å². The number of ether oxygens (including phenoxy) is 1. The second kappa shape index (κ2) is 12.1. The van der Waals surface area contributed by atoms with Gasteiger partial charge in [0.25, 0.3) is 28.9 Å². The predicted octanol–water partition coefficient (Wildman–Crippen LogP) is 1.93. The lowest BCUT2D eigenvalue weighted by molar-refractivity contribution is -0.211. The van der Waals surface area contributed by atoms with Gasteiger partial charge in [0.05, 0.1) is 0 Å². The Labute approximate surface area is 267 Å². The van der Waals surface area contributed by atoms with E-state index in [0.717, 1.165) is 13.7 Å². The minimum absolute atomic E-state index is 0.00761. The molecule has 0 saturated heterocycles. The third kappa shape index (κ3) is 4.77. The Bertz CT molecular complexity index is 2350. The molecular weight excluding hydrogens is 628 g/mol. The largest absolute Gasteiger partial charge is 0.455 e. The third-order valence-electron chi connectivity index (χ3n) is 6.93. The zero-order valence-electron chi connectivity index (χ0n) is 24.9. The summed E-state index contributed by atoms with van der Waals surface area (Å²) in [6.45, 7) is 2.12. The first-order chi connectivity index (χ1) is 23.1. The number of nitrogens with zero attached hydrogens (tertiary/aromatic N) is 16. The molecule has 0 bridgehead atoms. The maximum Gasteiger partial charge on any atom is 0.289 e. The first-order valence-electron chi connectivity index (χ1n) is 13.0. The lowest BCUT2D eigenvalue weighted by atomic mass is 10.1. The van der Waals surface area contributed by atoms with Gasteiger partial charge in [0.1, 0.15) is 47.5 Å². The smallest absolute Gasteiger partial charge is 0.289 e. The summed E-state index contributed by atoms with van der Waals surface area (Å²) in [5.74, 6) is -1.66. The van der Waals surface area contributed by atoms with Crippen LogP contribution in [0.2, 0.25) is 0 Å². The fourth-order valence-corrected chi connectivity index (χ4v) is 4.40. The summed E-state index contributed by atoms with van der Waals surface area (Å²) in [4.78, 5) is 44.8. The molecule has 48 heavy (non-hydrogen) atoms. The highest BCUT2D eigenvalue weighted by Gasteiger charge is 2.27. The first-order valence-corrected chi connectivity index (χ1v) is 13.0. The Morgan fingerprint density at radius 1 is 0.646 bits per heavy atom. The number of imidazole rings is 2. The maximum absolute atomic E-state index is 13.0. The summed E-state index contributed by atoms with van der Waals surface area (Å²) < 4.78 is 9.31. The molecule has 21 nitrogen and oxygen atoms in total. The minimum atomic E-state index is -0.829. The minimum Gasteiger partial charge on any atom is -0.455 e. The van der Waals surface area contributed by atoms with Crippen molar-refractivity contribution in [1.82, 2.24) is 28.4 Å². The van der Waals surface area contributed by atoms with E-state index >= 15 is 0 Å². The summed E-state index contributed by atoms with van der Waals surface area (Å²) in [6.07, 6.45) is 0. The molecular formula is C27H14N16O5. The Kier molecular flexibility index (Phi) is 7.88. The summed E-state index contributed by atoms with van der Waals surface area (Å²) in [6, 6.07) is 10.6. The van der Waals surface area contributed by atoms with Crippen molar-refractivity contribution in [3.63, 3.8) is 0 Å². The Morgan fingerprint density at radius 2 is 1.15 bits per heavy atom. The van der Waals surface area contributed by atoms with Gasteiger partial charge in [-0.15, -0.1) is 20.5 Å². The van der Waals surface area contributed by atoms with E-state index in [1.165, 1.54) is 27.9 Å². The summed E-state index contributed by atoms with van der Waals surface area (Å²) in [5.41, 5.74) is -4.39. The number of nitriles is 6. The topological polar surface area (TPSA) is 300 Å². The van der Waals surface area contributed by atoms with Crippen molar-refractivity contribution in [2.24, 2.45) is 34.6 Å². The van der Waals surface area contributed by atoms with E-state index in [2.05, 4.69) is 30.4 Å². The Balaban J connectivity index is 1.88. The summed E-state index contributed by atoms with van der Waals surface area (Å²) >= 11 is 0. The van der Waals surface area contributed by atoms with Crippen LogP contribution in [0.3, 0.4) is 0 Å². The van der Waals surface area contributed by atoms with Gasteiger partial charge in [-0.25, -0.2) is 4.89 Å². The average molecular weight is 643 g/mol. The highest BCUT2D eigenvalue weighted by atomic mass is 17.3. The van der Waals surface area contributed by atoms with Crippen molar-refractivity contribution >= 4 is 23.3 Å². The van der Waals surface area contributed by atoms with Gasteiger partial charge in [0.2, 0.25) is 11.6 Å². The van der Waals surface area contributed by atoms with Crippen LogP contribution < -0.4 is 25.7 Å². The Morgan fingerprint density at radius 3 is 1.69 bits per heavy atom. The molecule has 0 amide bonds. The molecule has 1 aliphatic rings. The molecule has 5 heterocycles. The van der Waals surface area contributed by atoms with Gasteiger partial charge in [-0.3, -0.25) is 23.3 Å². The summed E-state index contributed by atoms with van der Waals surface area (Å²) in [7, 11) is 2.48. The maximum atomic E-state index is 13.0. The van der Waals surface area contributed by atoms with E-state index in [0.29, 0.717) is 4.73 Å². The number of aromatic nitrogens is 6. The zero-order chi connectivity index (χ0) is 34.9. The molecule has 0 radical (unpaired) electrons. The SMILES string of the molecule is Cc1c2c(n(C)c(=O)c1C#N)OCn1c(nc(C#N)c1C#N)N=Nc1c(C)c(C#N)c(=O)n(C)c1OOn1c(nc(C#N)c1C#N)N=N2. The van der Waals surface area contributed by atoms with E-state index in [1.54, 1.807) is 30.3 Å². The highest BCUT2D eigenvalue weighted by Crippen LogP contribution is 2.36. The standard InChI is InChI=1S/C27H14N16O5/c1-12-14(5-28)22(44)40(3)24-20(12)36-39-27-35-17(8-31)19(10-33)43(27)48-47-25-21(13(2)15(6-29)23(45)41(25)4)37-38-26-34-16(7-30)18(9-32)42(26)11-46-24/h11H2,1-4H3. The fraction of sp³-hybridized carbons (Fsp3) is 0.185. The number of pyridine rings is 2. The molecule has 0 saturated carbocycles. The van der Waals surface area contributed by atoms with Gasteiger partial charge in [-0.05, 0) is 13.8 Å². The molecule has 0 unspecified atom stereocenters. The first kappa shape index (κ1) is 31.3. The van der Waals surface area contributed by atoms with Crippen molar-refractivity contribution in [2.45, 2.75) is 20.6 Å². The number of fused-ring (bicyclic) bond motifs is 4. The molecule has 1 aliphatic heterocycles. The molecule has 21 heteroatoms. The second-order valence-electron chi connectivity index (χ2n) is 9.48. The average Bonchev–Trinajstić information content (AvgIpc) is 3.61. The van der Waals surface area contributed by atoms with Gasteiger partial charge in [-0.2, -0.15) is 46.5 Å². The quantitative estimate of drug-likeness (QED) is 0.248. The van der Waals surface area contributed by atoms with E-state index in [1.807, 2.05) is 6.07 Å². The predicted molar refractivity (Wildman–Crippen MR) is 152 cm³/mol. The second-order valence-corrected chi connectivity index (χ2v) is 9.48. The van der Waals surface area contributed by atoms with Crippen LogP contribution in [0.15, 0.2) is 30.0 Å². The van der Waals surface area contributed by atoms with Crippen LogP contribution in [0, 0.1) is 81.8 Å². The van der Waals surface area contributed by atoms with Crippen molar-refractivity contribution in [1.29, 1.82) is 31.6 Å². The molecule has 0 atom stereocenters. The number of hydrogen-bond donors (Lipinski definition) is 0. The molecule has 232 valence electrons. The molecule has 0 spiro atoms. The van der Waals surface area contributed by atoms with Crippen LogP contribution in [-0.4, -0.2) is 28.4 Å². The molecule has 0 aliphatic carbocycles. The van der Waals surface area contributed by atoms with Gasteiger partial charge in [-0.1, -0.05) is 4.73 Å². The van der Waals surface area contributed by atoms with Crippen LogP contribution in [0.4, 0.5) is 23.3 Å². The van der Waals surface area contributed by atoms with Gasteiger partial charge in [0.15, 0.2) is 35.2 Å². The summed E-state index contributed by atoms with van der Waals surface area (Å²) in [5, 5.41) is 74.4. The van der Waals surface area contributed by atoms with E-state index in [4.69, 9.17) is 14.6 Å². The highest BCUT2D eigenvalue weighted by molar-refractivity contribution is 5.61. The van der Waals surface area contributed by atoms with Crippen molar-refractivity contribution in [2.75, 3.05) is 0 Å².